The number of nitrogens with zero attached hydrogens (tertiary/aromatic N) is 4. The normalized spacial score (nSPS) is 17.3. The predicted octanol–water partition coefficient (Wildman–Crippen LogP) is 3.18. The maximum absolute atomic E-state index is 13.0. The van der Waals surface area contributed by atoms with Crippen LogP contribution >= 0.6 is 0 Å². The first-order chi connectivity index (χ1) is 14.2. The first-order valence-corrected chi connectivity index (χ1v) is 10.6. The van der Waals surface area contributed by atoms with E-state index in [1.165, 1.54) is 12.1 Å². The molecule has 1 aromatic heterocycles. The molecule has 0 spiro atoms. The van der Waals surface area contributed by atoms with Gasteiger partial charge in [-0.05, 0) is 57.4 Å². The molecule has 4 rings (SSSR count). The van der Waals surface area contributed by atoms with Crippen molar-refractivity contribution in [3.05, 3.63) is 53.1 Å². The summed E-state index contributed by atoms with van der Waals surface area (Å²) in [4.78, 5) is 29.2. The fraction of sp³-hybridized carbons (Fsp3) is 0.522. The number of benzene rings is 1. The van der Waals surface area contributed by atoms with Crippen molar-refractivity contribution in [1.82, 2.24) is 19.6 Å². The number of piperazine rings is 1. The van der Waals surface area contributed by atoms with Gasteiger partial charge in [-0.15, -0.1) is 0 Å². The SMILES string of the molecule is CC(C)(C)n1nc(C(=O)N2CCN(C(=O)Cc3ccc(F)cc3)CC2)cc1C1CC1. The first-order valence-electron chi connectivity index (χ1n) is 10.6. The van der Waals surface area contributed by atoms with Crippen molar-refractivity contribution in [2.75, 3.05) is 26.2 Å². The maximum Gasteiger partial charge on any atom is 0.274 e. The first kappa shape index (κ1) is 20.6. The minimum absolute atomic E-state index is 0.00161. The molecule has 1 aliphatic carbocycles. The minimum Gasteiger partial charge on any atom is -0.339 e. The van der Waals surface area contributed by atoms with E-state index in [2.05, 4.69) is 25.9 Å². The summed E-state index contributed by atoms with van der Waals surface area (Å²) in [5.74, 6) is 0.142. The van der Waals surface area contributed by atoms with Crippen molar-refractivity contribution < 1.29 is 14.0 Å². The molecule has 6 nitrogen and oxygen atoms in total. The fourth-order valence-corrected chi connectivity index (χ4v) is 3.92. The van der Waals surface area contributed by atoms with E-state index >= 15 is 0 Å². The largest absolute Gasteiger partial charge is 0.339 e. The van der Waals surface area contributed by atoms with E-state index in [4.69, 9.17) is 0 Å². The third kappa shape index (κ3) is 4.40. The van der Waals surface area contributed by atoms with E-state index in [0.29, 0.717) is 37.8 Å². The Morgan fingerprint density at radius 2 is 1.63 bits per heavy atom. The van der Waals surface area contributed by atoms with Gasteiger partial charge in [0.25, 0.3) is 5.91 Å². The maximum atomic E-state index is 13.0. The number of amides is 2. The molecule has 2 fully saturated rings. The van der Waals surface area contributed by atoms with Crippen LogP contribution < -0.4 is 0 Å². The highest BCUT2D eigenvalue weighted by Crippen LogP contribution is 2.41. The highest BCUT2D eigenvalue weighted by molar-refractivity contribution is 5.92. The lowest BCUT2D eigenvalue weighted by atomic mass is 10.1. The Balaban J connectivity index is 1.37. The zero-order valence-corrected chi connectivity index (χ0v) is 17.9. The molecule has 0 radical (unpaired) electrons. The Kier molecular flexibility index (Phi) is 5.38. The van der Waals surface area contributed by atoms with Crippen LogP contribution in [-0.2, 0) is 16.8 Å². The number of carbonyl (C=O) groups excluding carboxylic acids is 2. The Labute approximate surface area is 176 Å². The van der Waals surface area contributed by atoms with Crippen LogP contribution in [0.15, 0.2) is 30.3 Å². The lowest BCUT2D eigenvalue weighted by molar-refractivity contribution is -0.131. The van der Waals surface area contributed by atoms with Crippen LogP contribution in [0.25, 0.3) is 0 Å². The second-order valence-electron chi connectivity index (χ2n) is 9.29. The molecule has 2 aromatic rings. The molecule has 1 aliphatic heterocycles. The number of carbonyl (C=O) groups is 2. The van der Waals surface area contributed by atoms with Gasteiger partial charge in [0, 0.05) is 37.8 Å². The summed E-state index contributed by atoms with van der Waals surface area (Å²) in [5, 5.41) is 4.65. The Hall–Kier alpha value is -2.70. The van der Waals surface area contributed by atoms with Crippen molar-refractivity contribution in [2.24, 2.45) is 0 Å². The molecule has 2 heterocycles. The lowest BCUT2D eigenvalue weighted by Crippen LogP contribution is -2.51. The average molecular weight is 413 g/mol. The van der Waals surface area contributed by atoms with Crippen molar-refractivity contribution in [2.45, 2.75) is 51.5 Å². The van der Waals surface area contributed by atoms with Crippen molar-refractivity contribution in [3.8, 4) is 0 Å². The van der Waals surface area contributed by atoms with Crippen LogP contribution in [-0.4, -0.2) is 57.6 Å². The highest BCUT2D eigenvalue weighted by Gasteiger charge is 2.34. The molecule has 0 bridgehead atoms. The third-order valence-corrected chi connectivity index (χ3v) is 5.78. The Morgan fingerprint density at radius 3 is 2.20 bits per heavy atom. The van der Waals surface area contributed by atoms with Gasteiger partial charge in [-0.2, -0.15) is 5.10 Å². The van der Waals surface area contributed by atoms with Crippen molar-refractivity contribution >= 4 is 11.8 Å². The summed E-state index contributed by atoms with van der Waals surface area (Å²) < 4.78 is 15.0. The molecule has 1 saturated heterocycles. The standard InChI is InChI=1S/C23H29FN4O2/c1-23(2,3)28-20(17-6-7-17)15-19(25-28)22(30)27-12-10-26(11-13-27)21(29)14-16-4-8-18(24)9-5-16/h4-5,8-9,15,17H,6-7,10-14H2,1-3H3. The van der Waals surface area contributed by atoms with Crippen LogP contribution in [0.2, 0.25) is 0 Å². The van der Waals surface area contributed by atoms with Crippen LogP contribution in [0.1, 0.15) is 61.3 Å². The third-order valence-electron chi connectivity index (χ3n) is 5.78. The lowest BCUT2D eigenvalue weighted by Gasteiger charge is -2.34. The summed E-state index contributed by atoms with van der Waals surface area (Å²) in [6.07, 6.45) is 2.56. The van der Waals surface area contributed by atoms with Crippen LogP contribution in [0, 0.1) is 5.82 Å². The van der Waals surface area contributed by atoms with Crippen LogP contribution in [0.5, 0.6) is 0 Å². The number of aromatic nitrogens is 2. The van der Waals surface area contributed by atoms with Gasteiger partial charge < -0.3 is 9.80 Å². The highest BCUT2D eigenvalue weighted by atomic mass is 19.1. The molecule has 2 aliphatic rings. The van der Waals surface area contributed by atoms with Crippen molar-refractivity contribution in [1.29, 1.82) is 0 Å². The molecule has 160 valence electrons. The van der Waals surface area contributed by atoms with Gasteiger partial charge in [0.15, 0.2) is 5.69 Å². The average Bonchev–Trinajstić information content (AvgIpc) is 3.46. The summed E-state index contributed by atoms with van der Waals surface area (Å²) in [7, 11) is 0. The van der Waals surface area contributed by atoms with E-state index in [0.717, 1.165) is 24.1 Å². The van der Waals surface area contributed by atoms with E-state index in [1.807, 2.05) is 10.7 Å². The Morgan fingerprint density at radius 1 is 1.03 bits per heavy atom. The van der Waals surface area contributed by atoms with Gasteiger partial charge in [-0.25, -0.2) is 4.39 Å². The van der Waals surface area contributed by atoms with Gasteiger partial charge in [-0.3, -0.25) is 14.3 Å². The molecule has 2 amide bonds. The second-order valence-corrected chi connectivity index (χ2v) is 9.29. The van der Waals surface area contributed by atoms with Gasteiger partial charge >= 0.3 is 0 Å². The van der Waals surface area contributed by atoms with Gasteiger partial charge in [0.1, 0.15) is 5.82 Å². The topological polar surface area (TPSA) is 58.4 Å². The van der Waals surface area contributed by atoms with E-state index in [-0.39, 0.29) is 29.6 Å². The summed E-state index contributed by atoms with van der Waals surface area (Å²) in [6.45, 7) is 8.30. The summed E-state index contributed by atoms with van der Waals surface area (Å²) in [6, 6.07) is 7.96. The van der Waals surface area contributed by atoms with Gasteiger partial charge in [0.05, 0.1) is 12.0 Å². The molecule has 7 heteroatoms. The van der Waals surface area contributed by atoms with Crippen LogP contribution in [0.3, 0.4) is 0 Å². The second kappa shape index (κ2) is 7.85. The molecule has 0 unspecified atom stereocenters. The van der Waals surface area contributed by atoms with E-state index < -0.39 is 0 Å². The molecule has 30 heavy (non-hydrogen) atoms. The molecule has 0 N–H and O–H groups in total. The van der Waals surface area contributed by atoms with E-state index in [1.54, 1.807) is 21.9 Å². The number of halogens is 1. The molecule has 0 atom stereocenters. The number of hydrogen-bond acceptors (Lipinski definition) is 3. The molecular formula is C23H29FN4O2. The Bertz CT molecular complexity index is 933. The minimum atomic E-state index is -0.308. The number of rotatable bonds is 4. The zero-order chi connectivity index (χ0) is 21.5. The van der Waals surface area contributed by atoms with Gasteiger partial charge in [-0.1, -0.05) is 12.1 Å². The van der Waals surface area contributed by atoms with Crippen molar-refractivity contribution in [3.63, 3.8) is 0 Å². The fourth-order valence-electron chi connectivity index (χ4n) is 3.92. The monoisotopic (exact) mass is 412 g/mol. The number of hydrogen-bond donors (Lipinski definition) is 0. The predicted molar refractivity (Wildman–Crippen MR) is 112 cm³/mol. The smallest absolute Gasteiger partial charge is 0.274 e. The quantitative estimate of drug-likeness (QED) is 0.775. The molecule has 1 aromatic carbocycles. The van der Waals surface area contributed by atoms with Crippen LogP contribution in [0.4, 0.5) is 4.39 Å². The molecular weight excluding hydrogens is 383 g/mol. The summed E-state index contributed by atoms with van der Waals surface area (Å²) >= 11 is 0. The zero-order valence-electron chi connectivity index (χ0n) is 17.9. The van der Waals surface area contributed by atoms with Gasteiger partial charge in [0.2, 0.25) is 5.91 Å². The summed E-state index contributed by atoms with van der Waals surface area (Å²) in [5.41, 5.74) is 2.28. The van der Waals surface area contributed by atoms with E-state index in [9.17, 15) is 14.0 Å². The molecule has 1 saturated carbocycles.